The molecule has 1 saturated heterocycles. The third-order valence-corrected chi connectivity index (χ3v) is 4.68. The van der Waals surface area contributed by atoms with Gasteiger partial charge in [0.05, 0.1) is 6.61 Å². The fraction of sp³-hybridized carbons (Fsp3) is 0.364. The molecule has 0 spiro atoms. The van der Waals surface area contributed by atoms with Crippen LogP contribution in [0, 0.1) is 6.92 Å². The quantitative estimate of drug-likeness (QED) is 0.857. The monoisotopic (exact) mass is 381 g/mol. The van der Waals surface area contributed by atoms with Crippen LogP contribution in [0.2, 0.25) is 0 Å². The van der Waals surface area contributed by atoms with Crippen LogP contribution in [-0.4, -0.2) is 54.5 Å². The van der Waals surface area contributed by atoms with Crippen LogP contribution in [-0.2, 0) is 0 Å². The van der Waals surface area contributed by atoms with E-state index in [1.165, 1.54) is 0 Å². The number of piperazine rings is 1. The summed E-state index contributed by atoms with van der Waals surface area (Å²) in [7, 11) is 0. The fourth-order valence-corrected chi connectivity index (χ4v) is 3.16. The lowest BCUT2D eigenvalue weighted by Gasteiger charge is -2.34. The molecule has 1 fully saturated rings. The number of urea groups is 1. The molecule has 2 aromatic carbocycles. The van der Waals surface area contributed by atoms with E-state index < -0.39 is 0 Å². The van der Waals surface area contributed by atoms with Crippen molar-refractivity contribution in [1.82, 2.24) is 9.80 Å². The molecular weight excluding hydrogens is 354 g/mol. The summed E-state index contributed by atoms with van der Waals surface area (Å²) in [5.41, 5.74) is 2.50. The Morgan fingerprint density at radius 2 is 1.71 bits per heavy atom. The maximum atomic E-state index is 12.8. The Bertz CT molecular complexity index is 829. The summed E-state index contributed by atoms with van der Waals surface area (Å²) < 4.78 is 5.61. The highest BCUT2D eigenvalue weighted by molar-refractivity contribution is 5.95. The summed E-state index contributed by atoms with van der Waals surface area (Å²) in [5, 5.41) is 2.92. The molecule has 2 aromatic rings. The van der Waals surface area contributed by atoms with Crippen molar-refractivity contribution < 1.29 is 14.3 Å². The number of rotatable bonds is 5. The van der Waals surface area contributed by atoms with E-state index in [1.807, 2.05) is 50.2 Å². The smallest absolute Gasteiger partial charge is 0.321 e. The van der Waals surface area contributed by atoms with Gasteiger partial charge in [-0.25, -0.2) is 4.79 Å². The maximum absolute atomic E-state index is 12.8. The van der Waals surface area contributed by atoms with Crippen molar-refractivity contribution in [3.05, 3.63) is 59.7 Å². The summed E-state index contributed by atoms with van der Waals surface area (Å²) in [4.78, 5) is 28.8. The first-order valence-corrected chi connectivity index (χ1v) is 9.71. The van der Waals surface area contributed by atoms with Gasteiger partial charge < -0.3 is 19.9 Å². The van der Waals surface area contributed by atoms with E-state index >= 15 is 0 Å². The van der Waals surface area contributed by atoms with E-state index in [0.717, 1.165) is 17.7 Å². The van der Waals surface area contributed by atoms with Crippen molar-refractivity contribution in [2.24, 2.45) is 0 Å². The molecule has 3 amide bonds. The molecule has 0 unspecified atom stereocenters. The molecule has 0 aliphatic carbocycles. The molecule has 1 aliphatic rings. The Morgan fingerprint density at radius 1 is 1.00 bits per heavy atom. The Balaban J connectivity index is 1.54. The Kier molecular flexibility index (Phi) is 6.53. The summed E-state index contributed by atoms with van der Waals surface area (Å²) >= 11 is 0. The highest BCUT2D eigenvalue weighted by Gasteiger charge is 2.25. The first-order chi connectivity index (χ1) is 13.6. The van der Waals surface area contributed by atoms with Crippen molar-refractivity contribution in [1.29, 1.82) is 0 Å². The van der Waals surface area contributed by atoms with E-state index in [2.05, 4.69) is 5.32 Å². The lowest BCUT2D eigenvalue weighted by Crippen LogP contribution is -2.51. The van der Waals surface area contributed by atoms with Crippen LogP contribution in [0.15, 0.2) is 48.5 Å². The van der Waals surface area contributed by atoms with Gasteiger partial charge in [0.15, 0.2) is 0 Å². The Morgan fingerprint density at radius 3 is 2.43 bits per heavy atom. The van der Waals surface area contributed by atoms with Crippen molar-refractivity contribution >= 4 is 17.6 Å². The summed E-state index contributed by atoms with van der Waals surface area (Å²) in [6, 6.07) is 14.9. The lowest BCUT2D eigenvalue weighted by molar-refractivity contribution is 0.0671. The minimum absolute atomic E-state index is 0.0271. The molecule has 0 saturated carbocycles. The Hall–Kier alpha value is -3.02. The van der Waals surface area contributed by atoms with E-state index in [9.17, 15) is 9.59 Å². The molecule has 148 valence electrons. The van der Waals surface area contributed by atoms with Crippen molar-refractivity contribution in [3.8, 4) is 5.75 Å². The molecule has 0 atom stereocenters. The van der Waals surface area contributed by atoms with Gasteiger partial charge in [-0.3, -0.25) is 4.79 Å². The third kappa shape index (κ3) is 5.03. The lowest BCUT2D eigenvalue weighted by atomic mass is 10.1. The number of benzene rings is 2. The third-order valence-electron chi connectivity index (χ3n) is 4.68. The van der Waals surface area contributed by atoms with Crippen LogP contribution in [0.3, 0.4) is 0 Å². The maximum Gasteiger partial charge on any atom is 0.321 e. The second-order valence-corrected chi connectivity index (χ2v) is 6.96. The summed E-state index contributed by atoms with van der Waals surface area (Å²) in [6.45, 7) is 6.71. The number of carbonyl (C=O) groups excluding carboxylic acids is 2. The Labute approximate surface area is 166 Å². The van der Waals surface area contributed by atoms with Gasteiger partial charge in [-0.15, -0.1) is 0 Å². The van der Waals surface area contributed by atoms with E-state index in [0.29, 0.717) is 44.1 Å². The van der Waals surface area contributed by atoms with Gasteiger partial charge in [-0.1, -0.05) is 25.1 Å². The van der Waals surface area contributed by atoms with Crippen LogP contribution in [0.25, 0.3) is 0 Å². The molecule has 1 aliphatic heterocycles. The second kappa shape index (κ2) is 9.26. The number of aryl methyl sites for hydroxylation is 1. The number of ether oxygens (including phenoxy) is 1. The highest BCUT2D eigenvalue weighted by Crippen LogP contribution is 2.17. The van der Waals surface area contributed by atoms with Crippen LogP contribution in [0.1, 0.15) is 29.3 Å². The number of hydrogen-bond acceptors (Lipinski definition) is 3. The van der Waals surface area contributed by atoms with Crippen molar-refractivity contribution in [2.75, 3.05) is 38.1 Å². The zero-order valence-electron chi connectivity index (χ0n) is 16.5. The molecule has 1 N–H and O–H groups in total. The number of anilines is 1. The fourth-order valence-electron chi connectivity index (χ4n) is 3.16. The second-order valence-electron chi connectivity index (χ2n) is 6.96. The number of amides is 3. The number of nitrogens with one attached hydrogen (secondary N) is 1. The van der Waals surface area contributed by atoms with Gasteiger partial charge >= 0.3 is 6.03 Å². The molecule has 6 heteroatoms. The van der Waals surface area contributed by atoms with Crippen LogP contribution in [0.5, 0.6) is 5.75 Å². The normalized spacial score (nSPS) is 13.9. The molecule has 28 heavy (non-hydrogen) atoms. The minimum Gasteiger partial charge on any atom is -0.494 e. The van der Waals surface area contributed by atoms with Gasteiger partial charge in [-0.05, 0) is 49.2 Å². The summed E-state index contributed by atoms with van der Waals surface area (Å²) in [5.74, 6) is 0.685. The van der Waals surface area contributed by atoms with Gasteiger partial charge in [0.25, 0.3) is 5.91 Å². The summed E-state index contributed by atoms with van der Waals surface area (Å²) in [6.07, 6.45) is 0.921. The van der Waals surface area contributed by atoms with Crippen molar-refractivity contribution in [2.45, 2.75) is 20.3 Å². The van der Waals surface area contributed by atoms with E-state index in [1.54, 1.807) is 21.9 Å². The molecule has 3 rings (SSSR count). The highest BCUT2D eigenvalue weighted by atomic mass is 16.5. The predicted octanol–water partition coefficient (Wildman–Crippen LogP) is 3.77. The molecule has 1 heterocycles. The largest absolute Gasteiger partial charge is 0.494 e. The van der Waals surface area contributed by atoms with E-state index in [4.69, 9.17) is 4.74 Å². The topological polar surface area (TPSA) is 61.9 Å². The molecule has 0 radical (unpaired) electrons. The number of nitrogens with zero attached hydrogens (tertiary/aromatic N) is 2. The minimum atomic E-state index is -0.132. The molecule has 0 bridgehead atoms. The first-order valence-electron chi connectivity index (χ1n) is 9.71. The predicted molar refractivity (Wildman–Crippen MR) is 110 cm³/mol. The average Bonchev–Trinajstić information content (AvgIpc) is 2.72. The zero-order valence-corrected chi connectivity index (χ0v) is 16.5. The van der Waals surface area contributed by atoms with Gasteiger partial charge in [0, 0.05) is 37.4 Å². The van der Waals surface area contributed by atoms with Gasteiger partial charge in [0.2, 0.25) is 0 Å². The van der Waals surface area contributed by atoms with Gasteiger partial charge in [0.1, 0.15) is 5.75 Å². The zero-order chi connectivity index (χ0) is 19.9. The van der Waals surface area contributed by atoms with E-state index in [-0.39, 0.29) is 11.9 Å². The van der Waals surface area contributed by atoms with Crippen LogP contribution >= 0.6 is 0 Å². The number of hydrogen-bond donors (Lipinski definition) is 1. The SMILES string of the molecule is CCCOc1cccc(C(=O)N2CCN(C(=O)Nc3cccc(C)c3)CC2)c1. The standard InChI is InChI=1S/C22H27N3O3/c1-3-14-28-20-9-5-7-18(16-20)21(26)24-10-12-25(13-11-24)22(27)23-19-8-4-6-17(2)15-19/h4-9,15-16H,3,10-14H2,1-2H3,(H,23,27). The first kappa shape index (κ1) is 19.7. The van der Waals surface area contributed by atoms with Gasteiger partial charge in [-0.2, -0.15) is 0 Å². The molecule has 6 nitrogen and oxygen atoms in total. The molecular formula is C22H27N3O3. The van der Waals surface area contributed by atoms with Crippen molar-refractivity contribution in [3.63, 3.8) is 0 Å². The van der Waals surface area contributed by atoms with Crippen LogP contribution in [0.4, 0.5) is 10.5 Å². The number of carbonyl (C=O) groups is 2. The average molecular weight is 381 g/mol. The molecule has 0 aromatic heterocycles. The van der Waals surface area contributed by atoms with Crippen LogP contribution < -0.4 is 10.1 Å².